The lowest BCUT2D eigenvalue weighted by Crippen LogP contribution is -2.65. The van der Waals surface area contributed by atoms with Gasteiger partial charge in [0, 0.05) is 74.6 Å². The number of benzene rings is 1. The molecule has 2 fully saturated rings. The van der Waals surface area contributed by atoms with Crippen LogP contribution in [-0.4, -0.2) is 95.8 Å². The number of H-pyrrole nitrogens is 1. The van der Waals surface area contributed by atoms with E-state index in [0.717, 1.165) is 27.7 Å². The zero-order valence-electron chi connectivity index (χ0n) is 25.8. The molecule has 4 heterocycles. The maximum absolute atomic E-state index is 14.2. The van der Waals surface area contributed by atoms with Gasteiger partial charge in [0.2, 0.25) is 23.6 Å². The van der Waals surface area contributed by atoms with Crippen LogP contribution >= 0.6 is 0 Å². The Balaban J connectivity index is 1.51. The number of carbonyl (C=O) groups is 4. The smallest absolute Gasteiger partial charge is 0.228 e. The Morgan fingerprint density at radius 3 is 2.52 bits per heavy atom. The van der Waals surface area contributed by atoms with E-state index in [2.05, 4.69) is 28.5 Å². The zero-order chi connectivity index (χ0) is 30.4. The molecule has 10 heteroatoms. The Kier molecular flexibility index (Phi) is 8.13. The molecule has 3 aliphatic heterocycles. The first-order valence-electron chi connectivity index (χ1n) is 15.1. The third-order valence-electron chi connectivity index (χ3n) is 9.13. The molecule has 228 valence electrons. The van der Waals surface area contributed by atoms with Crippen molar-refractivity contribution < 1.29 is 23.9 Å². The van der Waals surface area contributed by atoms with Crippen molar-refractivity contribution in [3.05, 3.63) is 35.0 Å². The molecule has 4 amide bonds. The van der Waals surface area contributed by atoms with E-state index in [-0.39, 0.29) is 30.0 Å². The highest BCUT2D eigenvalue weighted by Crippen LogP contribution is 2.50. The fourth-order valence-corrected chi connectivity index (χ4v) is 6.96. The van der Waals surface area contributed by atoms with Crippen molar-refractivity contribution >= 4 is 34.5 Å². The van der Waals surface area contributed by atoms with Gasteiger partial charge in [-0.05, 0) is 64.2 Å². The first-order valence-corrected chi connectivity index (χ1v) is 15.1. The molecule has 10 nitrogen and oxygen atoms in total. The third kappa shape index (κ3) is 5.65. The minimum atomic E-state index is -0.878. The van der Waals surface area contributed by atoms with Crippen LogP contribution in [-0.2, 0) is 42.3 Å². The molecule has 0 bridgehead atoms. The van der Waals surface area contributed by atoms with Gasteiger partial charge in [-0.15, -0.1) is 0 Å². The van der Waals surface area contributed by atoms with E-state index in [0.29, 0.717) is 58.5 Å². The number of fused-ring (bicyclic) bond motifs is 5. The lowest BCUT2D eigenvalue weighted by Gasteiger charge is -2.54. The summed E-state index contributed by atoms with van der Waals surface area (Å²) in [6.45, 7) is 10.3. The molecule has 2 N–H and O–H groups in total. The lowest BCUT2D eigenvalue weighted by molar-refractivity contribution is -0.166. The Morgan fingerprint density at radius 2 is 1.86 bits per heavy atom. The number of nitrogens with one attached hydrogen (secondary N) is 2. The predicted molar refractivity (Wildman–Crippen MR) is 160 cm³/mol. The summed E-state index contributed by atoms with van der Waals surface area (Å²) in [5, 5.41) is 4.07. The van der Waals surface area contributed by atoms with Gasteiger partial charge in [-0.25, -0.2) is 0 Å². The van der Waals surface area contributed by atoms with Crippen LogP contribution in [0, 0.1) is 11.8 Å². The van der Waals surface area contributed by atoms with Gasteiger partial charge in [-0.1, -0.05) is 12.1 Å². The largest absolute Gasteiger partial charge is 0.378 e. The predicted octanol–water partition coefficient (Wildman–Crippen LogP) is 2.59. The van der Waals surface area contributed by atoms with Gasteiger partial charge in [-0.2, -0.15) is 0 Å². The normalized spacial score (nSPS) is 24.3. The molecule has 42 heavy (non-hydrogen) atoms. The number of piperidine rings is 1. The molecule has 0 saturated carbocycles. The topological polar surface area (TPSA) is 115 Å². The van der Waals surface area contributed by atoms with Crippen LogP contribution in [0.5, 0.6) is 0 Å². The summed E-state index contributed by atoms with van der Waals surface area (Å²) >= 11 is 0. The molecule has 2 saturated heterocycles. The van der Waals surface area contributed by atoms with E-state index < -0.39 is 22.9 Å². The fraction of sp³-hybridized carbons (Fsp3) is 0.625. The van der Waals surface area contributed by atoms with Crippen LogP contribution in [0.25, 0.3) is 10.9 Å². The van der Waals surface area contributed by atoms with E-state index in [4.69, 9.17) is 4.74 Å². The van der Waals surface area contributed by atoms with Crippen molar-refractivity contribution in [2.24, 2.45) is 11.8 Å². The van der Waals surface area contributed by atoms with E-state index in [1.54, 1.807) is 19.0 Å². The lowest BCUT2D eigenvalue weighted by atomic mass is 9.67. The first-order chi connectivity index (χ1) is 19.8. The molecule has 1 aromatic carbocycles. The molecule has 0 radical (unpaired) electrons. The van der Waals surface area contributed by atoms with E-state index in [1.165, 1.54) is 0 Å². The van der Waals surface area contributed by atoms with Gasteiger partial charge in [-0.3, -0.25) is 19.2 Å². The molecule has 0 unspecified atom stereocenters. The Labute approximate surface area is 248 Å². The highest BCUT2D eigenvalue weighted by Gasteiger charge is 2.57. The highest BCUT2D eigenvalue weighted by molar-refractivity contribution is 5.93. The molecule has 0 spiro atoms. The molecular weight excluding hydrogens is 534 g/mol. The molecule has 2 aromatic rings. The van der Waals surface area contributed by atoms with Crippen molar-refractivity contribution in [3.8, 4) is 0 Å². The van der Waals surface area contributed by atoms with Crippen LogP contribution in [0.15, 0.2) is 18.2 Å². The van der Waals surface area contributed by atoms with Crippen molar-refractivity contribution in [1.82, 2.24) is 25.0 Å². The number of nitrogens with zero attached hydrogens (tertiary/aromatic N) is 3. The fourth-order valence-electron chi connectivity index (χ4n) is 6.96. The first kappa shape index (κ1) is 30.1. The number of hydrogen-bond donors (Lipinski definition) is 2. The Hall–Kier alpha value is -3.40. The second-order valence-corrected chi connectivity index (χ2v) is 13.5. The minimum absolute atomic E-state index is 0.00826. The molecular formula is C32H45N5O5. The number of amides is 4. The third-order valence-corrected chi connectivity index (χ3v) is 9.13. The van der Waals surface area contributed by atoms with E-state index >= 15 is 0 Å². The monoisotopic (exact) mass is 579 g/mol. The summed E-state index contributed by atoms with van der Waals surface area (Å²) < 4.78 is 5.52. The maximum atomic E-state index is 14.2. The van der Waals surface area contributed by atoms with Gasteiger partial charge in [0.05, 0.1) is 24.7 Å². The summed E-state index contributed by atoms with van der Waals surface area (Å²) in [7, 11) is 3.53. The van der Waals surface area contributed by atoms with Crippen molar-refractivity contribution in [3.63, 3.8) is 0 Å². The average molecular weight is 580 g/mol. The molecule has 3 aliphatic rings. The molecule has 0 aliphatic carbocycles. The van der Waals surface area contributed by atoms with E-state index in [1.807, 2.05) is 37.5 Å². The van der Waals surface area contributed by atoms with Crippen molar-refractivity contribution in [2.75, 3.05) is 46.9 Å². The molecule has 3 atom stereocenters. The van der Waals surface area contributed by atoms with E-state index in [9.17, 15) is 19.2 Å². The molecule has 5 rings (SSSR count). The number of aryl methyl sites for hydroxylation is 1. The standard InChI is InChI=1S/C32H45N5O5/c1-31(2,3)34-26(38)19-21-18-24(30(41)36-13-15-42-16-14-36)32(4)28-23(11-12-37(32)29(21)40)22-9-7-20(17-25(22)33-28)8-10-27(39)35(5)6/h7,9,17,21,24,33H,8,10-16,18-19H2,1-6H3,(H,34,38)/t21-,24-,32+/m1/s1. The van der Waals surface area contributed by atoms with Crippen LogP contribution in [0.4, 0.5) is 0 Å². The number of hydrogen-bond acceptors (Lipinski definition) is 5. The summed E-state index contributed by atoms with van der Waals surface area (Å²) in [4.78, 5) is 62.4. The van der Waals surface area contributed by atoms with Gasteiger partial charge in [0.15, 0.2) is 0 Å². The van der Waals surface area contributed by atoms with Crippen LogP contribution < -0.4 is 5.32 Å². The highest BCUT2D eigenvalue weighted by atomic mass is 16.5. The summed E-state index contributed by atoms with van der Waals surface area (Å²) in [6.07, 6.45) is 2.10. The van der Waals surface area contributed by atoms with Gasteiger partial charge < -0.3 is 29.7 Å². The minimum Gasteiger partial charge on any atom is -0.378 e. The quantitative estimate of drug-likeness (QED) is 0.546. The Morgan fingerprint density at radius 1 is 1.14 bits per heavy atom. The van der Waals surface area contributed by atoms with Crippen molar-refractivity contribution in [2.45, 2.75) is 70.9 Å². The Bertz CT molecular complexity index is 1390. The summed E-state index contributed by atoms with van der Waals surface area (Å²) in [5.74, 6) is -1.23. The van der Waals surface area contributed by atoms with Crippen molar-refractivity contribution in [1.29, 1.82) is 0 Å². The molecule has 1 aromatic heterocycles. The summed E-state index contributed by atoms with van der Waals surface area (Å²) in [6, 6.07) is 6.26. The van der Waals surface area contributed by atoms with Gasteiger partial charge in [0.1, 0.15) is 0 Å². The second kappa shape index (κ2) is 11.4. The van der Waals surface area contributed by atoms with Crippen LogP contribution in [0.2, 0.25) is 0 Å². The number of ether oxygens (including phenoxy) is 1. The number of carbonyl (C=O) groups excluding carboxylic acids is 4. The number of aromatic amines is 1. The summed E-state index contributed by atoms with van der Waals surface area (Å²) in [5.41, 5.74) is 2.77. The van der Waals surface area contributed by atoms with Gasteiger partial charge in [0.25, 0.3) is 0 Å². The maximum Gasteiger partial charge on any atom is 0.228 e. The van der Waals surface area contributed by atoms with Gasteiger partial charge >= 0.3 is 0 Å². The van der Waals surface area contributed by atoms with Crippen LogP contribution in [0.1, 0.15) is 63.8 Å². The van der Waals surface area contributed by atoms with Crippen LogP contribution in [0.3, 0.4) is 0 Å². The number of morpholine rings is 1. The second-order valence-electron chi connectivity index (χ2n) is 13.5. The average Bonchev–Trinajstić information content (AvgIpc) is 3.31. The number of aromatic nitrogens is 1. The SMILES string of the molecule is CN(C)C(=O)CCc1ccc2c3c([nH]c2c1)[C@]1(C)[C@@H](C(=O)N2CCOCC2)C[C@H](CC(=O)NC(C)(C)C)C(=O)N1CC3. The zero-order valence-corrected chi connectivity index (χ0v) is 25.8. The number of rotatable bonds is 6.